The molecule has 1 aliphatic rings. The first-order valence-electron chi connectivity index (χ1n) is 5.81. The standard InChI is InChI=1S/C11H13ClN8/c1-20-9(15-5-16-20)7-3-2-6(4-8(7)12)11(14)17-10(13)18-19-11/h2-5,19H,14H2,1H3,(H3,13,17,18). The monoisotopic (exact) mass is 292 g/mol. The summed E-state index contributed by atoms with van der Waals surface area (Å²) in [6, 6.07) is 5.36. The van der Waals surface area contributed by atoms with Gasteiger partial charge in [-0.1, -0.05) is 17.7 Å². The summed E-state index contributed by atoms with van der Waals surface area (Å²) in [5, 5.41) is 4.52. The third-order valence-electron chi connectivity index (χ3n) is 3.04. The maximum Gasteiger partial charge on any atom is 0.209 e. The number of aryl methyl sites for hydroxylation is 1. The Labute approximate surface area is 119 Å². The van der Waals surface area contributed by atoms with Gasteiger partial charge in [0, 0.05) is 18.2 Å². The second kappa shape index (κ2) is 4.44. The minimum absolute atomic E-state index is 0.223. The van der Waals surface area contributed by atoms with E-state index in [4.69, 9.17) is 23.1 Å². The van der Waals surface area contributed by atoms with Crippen LogP contribution in [0.1, 0.15) is 5.56 Å². The molecule has 1 aliphatic heterocycles. The third-order valence-corrected chi connectivity index (χ3v) is 3.35. The number of nitrogens with zero attached hydrogens (tertiary/aromatic N) is 4. The van der Waals surface area contributed by atoms with Gasteiger partial charge in [0.2, 0.25) is 11.7 Å². The summed E-state index contributed by atoms with van der Waals surface area (Å²) in [7, 11) is 1.80. The van der Waals surface area contributed by atoms with Crippen LogP contribution in [-0.2, 0) is 12.8 Å². The smallest absolute Gasteiger partial charge is 0.209 e. The summed E-state index contributed by atoms with van der Waals surface area (Å²) in [4.78, 5) is 8.26. The molecule has 0 bridgehead atoms. The molecule has 1 aromatic carbocycles. The molecule has 20 heavy (non-hydrogen) atoms. The van der Waals surface area contributed by atoms with Crippen molar-refractivity contribution >= 4 is 17.6 Å². The Morgan fingerprint density at radius 1 is 1.40 bits per heavy atom. The lowest BCUT2D eigenvalue weighted by molar-refractivity contribution is 0.375. The molecule has 8 nitrogen and oxygen atoms in total. The molecule has 9 heteroatoms. The van der Waals surface area contributed by atoms with Gasteiger partial charge in [-0.2, -0.15) is 10.5 Å². The van der Waals surface area contributed by atoms with Crippen LogP contribution in [0.2, 0.25) is 5.02 Å². The zero-order valence-electron chi connectivity index (χ0n) is 10.6. The van der Waals surface area contributed by atoms with Crippen molar-refractivity contribution in [3.63, 3.8) is 0 Å². The van der Waals surface area contributed by atoms with E-state index in [1.807, 2.05) is 12.1 Å². The van der Waals surface area contributed by atoms with Crippen LogP contribution < -0.4 is 22.3 Å². The summed E-state index contributed by atoms with van der Waals surface area (Å²) in [6.07, 6.45) is 1.47. The lowest BCUT2D eigenvalue weighted by atomic mass is 10.1. The molecule has 3 rings (SSSR count). The Balaban J connectivity index is 2.03. The van der Waals surface area contributed by atoms with E-state index >= 15 is 0 Å². The van der Waals surface area contributed by atoms with E-state index in [-0.39, 0.29) is 5.96 Å². The largest absolute Gasteiger partial charge is 0.369 e. The van der Waals surface area contributed by atoms with Crippen molar-refractivity contribution in [3.8, 4) is 11.4 Å². The van der Waals surface area contributed by atoms with Crippen molar-refractivity contribution in [2.45, 2.75) is 5.79 Å². The van der Waals surface area contributed by atoms with E-state index in [1.54, 1.807) is 17.8 Å². The summed E-state index contributed by atoms with van der Waals surface area (Å²) >= 11 is 6.31. The molecular formula is C11H13ClN8. The first kappa shape index (κ1) is 12.9. The summed E-state index contributed by atoms with van der Waals surface area (Å²) < 4.78 is 1.64. The molecule has 1 unspecified atom stereocenters. The zero-order chi connectivity index (χ0) is 14.3. The van der Waals surface area contributed by atoms with Crippen molar-refractivity contribution in [1.82, 2.24) is 25.6 Å². The molecule has 0 fully saturated rings. The highest BCUT2D eigenvalue weighted by atomic mass is 35.5. The lowest BCUT2D eigenvalue weighted by Crippen LogP contribution is -2.50. The minimum atomic E-state index is -1.13. The fourth-order valence-corrected chi connectivity index (χ4v) is 2.28. The van der Waals surface area contributed by atoms with Crippen molar-refractivity contribution in [2.75, 3.05) is 0 Å². The maximum atomic E-state index is 6.31. The lowest BCUT2D eigenvalue weighted by Gasteiger charge is -2.21. The molecule has 0 radical (unpaired) electrons. The van der Waals surface area contributed by atoms with Gasteiger partial charge in [0.25, 0.3) is 0 Å². The number of hydrogen-bond acceptors (Lipinski definition) is 7. The maximum absolute atomic E-state index is 6.31. The number of aromatic nitrogens is 3. The molecule has 2 heterocycles. The normalized spacial score (nSPS) is 21.6. The van der Waals surface area contributed by atoms with Crippen molar-refractivity contribution < 1.29 is 0 Å². The molecule has 0 saturated heterocycles. The number of hydrogen-bond donors (Lipinski definition) is 4. The number of nitrogens with two attached hydrogens (primary N) is 2. The molecule has 6 N–H and O–H groups in total. The van der Waals surface area contributed by atoms with E-state index in [2.05, 4.69) is 25.9 Å². The number of rotatable bonds is 2. The average Bonchev–Trinajstić information content (AvgIpc) is 2.97. The Morgan fingerprint density at radius 3 is 2.75 bits per heavy atom. The number of aliphatic imine (C=N–C) groups is 1. The van der Waals surface area contributed by atoms with Gasteiger partial charge in [-0.05, 0) is 12.1 Å². The van der Waals surface area contributed by atoms with E-state index in [0.717, 1.165) is 5.56 Å². The Kier molecular flexibility index (Phi) is 2.85. The van der Waals surface area contributed by atoms with Gasteiger partial charge < -0.3 is 5.73 Å². The number of nitrogens with one attached hydrogen (secondary N) is 2. The van der Waals surface area contributed by atoms with Gasteiger partial charge in [-0.25, -0.2) is 14.7 Å². The van der Waals surface area contributed by atoms with Crippen LogP contribution in [0.4, 0.5) is 0 Å². The van der Waals surface area contributed by atoms with Crippen LogP contribution in [0.3, 0.4) is 0 Å². The molecule has 0 aliphatic carbocycles. The average molecular weight is 293 g/mol. The Bertz CT molecular complexity index is 693. The molecule has 104 valence electrons. The van der Waals surface area contributed by atoms with E-state index < -0.39 is 5.79 Å². The van der Waals surface area contributed by atoms with Crippen LogP contribution in [0.5, 0.6) is 0 Å². The molecule has 0 spiro atoms. The molecule has 2 aromatic rings. The fraction of sp³-hybridized carbons (Fsp3) is 0.182. The quantitative estimate of drug-likeness (QED) is 0.599. The third kappa shape index (κ3) is 1.99. The van der Waals surface area contributed by atoms with E-state index in [9.17, 15) is 0 Å². The van der Waals surface area contributed by atoms with Crippen LogP contribution in [0.25, 0.3) is 11.4 Å². The summed E-state index contributed by atoms with van der Waals surface area (Å²) in [5.41, 5.74) is 18.6. The molecular weight excluding hydrogens is 280 g/mol. The minimum Gasteiger partial charge on any atom is -0.369 e. The van der Waals surface area contributed by atoms with Gasteiger partial charge in [-0.15, -0.1) is 0 Å². The van der Waals surface area contributed by atoms with Crippen molar-refractivity contribution in [3.05, 3.63) is 35.1 Å². The predicted octanol–water partition coefficient (Wildman–Crippen LogP) is -0.373. The highest BCUT2D eigenvalue weighted by Gasteiger charge is 2.32. The predicted molar refractivity (Wildman–Crippen MR) is 75.2 cm³/mol. The summed E-state index contributed by atoms with van der Waals surface area (Å²) in [5.74, 6) is -0.235. The zero-order valence-corrected chi connectivity index (χ0v) is 11.4. The van der Waals surface area contributed by atoms with Gasteiger partial charge in [0.15, 0.2) is 5.82 Å². The van der Waals surface area contributed by atoms with Crippen LogP contribution in [0, 0.1) is 0 Å². The fourth-order valence-electron chi connectivity index (χ4n) is 2.02. The SMILES string of the molecule is Cn1ncnc1-c1ccc(C2(N)N=C(N)NN2)cc1Cl. The number of guanidine groups is 1. The van der Waals surface area contributed by atoms with E-state index in [1.165, 1.54) is 6.33 Å². The van der Waals surface area contributed by atoms with Crippen LogP contribution in [-0.4, -0.2) is 20.7 Å². The Hall–Kier alpha value is -2.16. The second-order valence-corrected chi connectivity index (χ2v) is 4.82. The Morgan fingerprint density at radius 2 is 2.20 bits per heavy atom. The van der Waals surface area contributed by atoms with Crippen LogP contribution >= 0.6 is 11.6 Å². The van der Waals surface area contributed by atoms with Gasteiger partial charge in [0.1, 0.15) is 6.33 Å². The topological polar surface area (TPSA) is 119 Å². The molecule has 1 aromatic heterocycles. The second-order valence-electron chi connectivity index (χ2n) is 4.42. The van der Waals surface area contributed by atoms with Crippen molar-refractivity contribution in [1.29, 1.82) is 0 Å². The molecule has 0 amide bonds. The van der Waals surface area contributed by atoms with Crippen molar-refractivity contribution in [2.24, 2.45) is 23.5 Å². The summed E-state index contributed by atoms with van der Waals surface area (Å²) in [6.45, 7) is 0. The molecule has 0 saturated carbocycles. The van der Waals surface area contributed by atoms with Gasteiger partial charge in [0.05, 0.1) is 5.02 Å². The van der Waals surface area contributed by atoms with Gasteiger partial charge >= 0.3 is 0 Å². The highest BCUT2D eigenvalue weighted by molar-refractivity contribution is 6.33. The first-order valence-corrected chi connectivity index (χ1v) is 6.19. The highest BCUT2D eigenvalue weighted by Crippen LogP contribution is 2.30. The number of hydrazine groups is 1. The van der Waals surface area contributed by atoms with Crippen LogP contribution in [0.15, 0.2) is 29.5 Å². The van der Waals surface area contributed by atoms with Gasteiger partial charge in [-0.3, -0.25) is 11.2 Å². The number of benzene rings is 1. The number of halogens is 1. The molecule has 1 atom stereocenters. The van der Waals surface area contributed by atoms with E-state index in [0.29, 0.717) is 16.4 Å². The first-order chi connectivity index (χ1) is 9.49.